The molecule has 1 N–H and O–H groups in total. The Morgan fingerprint density at radius 2 is 1.83 bits per heavy atom. The van der Waals surface area contributed by atoms with Crippen LogP contribution in [0.3, 0.4) is 0 Å². The van der Waals surface area contributed by atoms with Crippen LogP contribution in [0.5, 0.6) is 0 Å². The minimum atomic E-state index is 0.0213. The fourth-order valence-electron chi connectivity index (χ4n) is 4.27. The lowest BCUT2D eigenvalue weighted by atomic mass is 9.90. The van der Waals surface area contributed by atoms with Gasteiger partial charge in [-0.3, -0.25) is 9.69 Å². The van der Waals surface area contributed by atoms with Crippen LogP contribution in [0.2, 0.25) is 0 Å². The van der Waals surface area contributed by atoms with Crippen molar-refractivity contribution >= 4 is 11.3 Å². The van der Waals surface area contributed by atoms with E-state index in [1.54, 1.807) is 17.1 Å². The van der Waals surface area contributed by atoms with E-state index in [2.05, 4.69) is 28.1 Å². The summed E-state index contributed by atoms with van der Waals surface area (Å²) in [5.41, 5.74) is 1.23. The molecule has 3 heterocycles. The van der Waals surface area contributed by atoms with Crippen LogP contribution in [0, 0.1) is 0 Å². The molecule has 0 aromatic carbocycles. The van der Waals surface area contributed by atoms with Crippen molar-refractivity contribution in [2.24, 2.45) is 0 Å². The molecule has 1 aliphatic carbocycles. The second-order valence-corrected chi connectivity index (χ2v) is 8.52. The normalized spacial score (nSPS) is 20.7. The average Bonchev–Trinajstić information content (AvgIpc) is 3.27. The minimum Gasteiger partial charge on any atom is -0.329 e. The van der Waals surface area contributed by atoms with Crippen LogP contribution in [0.4, 0.5) is 0 Å². The van der Waals surface area contributed by atoms with Crippen LogP contribution in [-0.2, 0) is 6.54 Å². The zero-order valence-electron chi connectivity index (χ0n) is 14.2. The van der Waals surface area contributed by atoms with Crippen LogP contribution in [0.25, 0.3) is 0 Å². The number of likely N-dealkylation sites (tertiary alicyclic amines) is 1. The highest BCUT2D eigenvalue weighted by Crippen LogP contribution is 2.38. The lowest BCUT2D eigenvalue weighted by Crippen LogP contribution is -2.32. The maximum atomic E-state index is 11.5. The molecule has 24 heavy (non-hydrogen) atoms. The first-order valence-electron chi connectivity index (χ1n) is 9.27. The summed E-state index contributed by atoms with van der Waals surface area (Å²) in [7, 11) is 0. The first kappa shape index (κ1) is 16.1. The van der Waals surface area contributed by atoms with Gasteiger partial charge in [0.05, 0.1) is 0 Å². The second-order valence-electron chi connectivity index (χ2n) is 7.32. The van der Waals surface area contributed by atoms with Gasteiger partial charge in [-0.15, -0.1) is 11.3 Å². The number of rotatable bonds is 4. The van der Waals surface area contributed by atoms with E-state index in [1.165, 1.54) is 36.1 Å². The molecule has 0 unspecified atom stereocenters. The highest BCUT2D eigenvalue weighted by Gasteiger charge is 2.22. The minimum absolute atomic E-state index is 0.0213. The Balaban J connectivity index is 1.32. The van der Waals surface area contributed by atoms with Gasteiger partial charge in [0.15, 0.2) is 0 Å². The molecule has 4 heteroatoms. The third kappa shape index (κ3) is 3.65. The SMILES string of the molecule is O=c1cc(C2CCN(Cc3ccc(C4CCCC4)s3)CC2)cc[nH]1. The van der Waals surface area contributed by atoms with Gasteiger partial charge in [-0.1, -0.05) is 12.8 Å². The van der Waals surface area contributed by atoms with Crippen molar-refractivity contribution in [3.63, 3.8) is 0 Å². The number of piperidine rings is 1. The summed E-state index contributed by atoms with van der Waals surface area (Å²) in [5.74, 6) is 1.38. The van der Waals surface area contributed by atoms with E-state index in [-0.39, 0.29) is 5.56 Å². The number of aromatic amines is 1. The average molecular weight is 343 g/mol. The predicted molar refractivity (Wildman–Crippen MR) is 99.8 cm³/mol. The maximum absolute atomic E-state index is 11.5. The molecule has 0 radical (unpaired) electrons. The Morgan fingerprint density at radius 1 is 1.04 bits per heavy atom. The number of thiophene rings is 1. The number of aromatic nitrogens is 1. The Kier molecular flexibility index (Phi) is 4.86. The molecule has 4 rings (SSSR count). The second kappa shape index (κ2) is 7.24. The standard InChI is InChI=1S/C20H26N2OS/c23-20-13-17(7-10-21-20)15-8-11-22(12-9-15)14-18-5-6-19(24-18)16-3-1-2-4-16/h5-7,10,13,15-16H,1-4,8-9,11-12,14H2,(H,21,23). The summed E-state index contributed by atoms with van der Waals surface area (Å²) in [4.78, 5) is 19.9. The Hall–Kier alpha value is -1.39. The first-order valence-corrected chi connectivity index (χ1v) is 10.1. The van der Waals surface area contributed by atoms with Gasteiger partial charge in [0, 0.05) is 28.6 Å². The Bertz CT molecular complexity index is 721. The highest BCUT2D eigenvalue weighted by molar-refractivity contribution is 7.12. The van der Waals surface area contributed by atoms with Crippen molar-refractivity contribution < 1.29 is 0 Å². The van der Waals surface area contributed by atoms with Crippen LogP contribution >= 0.6 is 11.3 Å². The van der Waals surface area contributed by atoms with Crippen molar-refractivity contribution in [3.05, 3.63) is 56.1 Å². The monoisotopic (exact) mass is 342 g/mol. The molecule has 1 saturated heterocycles. The summed E-state index contributed by atoms with van der Waals surface area (Å²) in [6, 6.07) is 8.56. The summed E-state index contributed by atoms with van der Waals surface area (Å²) in [6.07, 6.45) is 9.69. The number of nitrogens with zero attached hydrogens (tertiary/aromatic N) is 1. The number of H-pyrrole nitrogens is 1. The molecule has 0 bridgehead atoms. The lowest BCUT2D eigenvalue weighted by molar-refractivity contribution is 0.206. The molecule has 3 nitrogen and oxygen atoms in total. The van der Waals surface area contributed by atoms with Gasteiger partial charge in [0.1, 0.15) is 0 Å². The quantitative estimate of drug-likeness (QED) is 0.889. The maximum Gasteiger partial charge on any atom is 0.248 e. The Morgan fingerprint density at radius 3 is 2.58 bits per heavy atom. The zero-order chi connectivity index (χ0) is 16.4. The topological polar surface area (TPSA) is 36.1 Å². The van der Waals surface area contributed by atoms with Crippen molar-refractivity contribution in [2.75, 3.05) is 13.1 Å². The molecule has 1 aliphatic heterocycles. The first-order chi connectivity index (χ1) is 11.8. The molecule has 2 aromatic rings. The number of nitrogens with one attached hydrogen (secondary N) is 1. The molecular formula is C20H26N2OS. The predicted octanol–water partition coefficient (Wildman–Crippen LogP) is 4.47. The van der Waals surface area contributed by atoms with Crippen LogP contribution < -0.4 is 5.56 Å². The number of hydrogen-bond acceptors (Lipinski definition) is 3. The third-order valence-corrected chi connectivity index (χ3v) is 6.91. The van der Waals surface area contributed by atoms with E-state index in [0.717, 1.165) is 38.4 Å². The van der Waals surface area contributed by atoms with Crippen LogP contribution in [0.15, 0.2) is 35.3 Å². The molecule has 1 saturated carbocycles. The van der Waals surface area contributed by atoms with Crippen LogP contribution in [-0.4, -0.2) is 23.0 Å². The van der Waals surface area contributed by atoms with Gasteiger partial charge < -0.3 is 4.98 Å². The summed E-state index contributed by atoms with van der Waals surface area (Å²) < 4.78 is 0. The third-order valence-electron chi connectivity index (χ3n) is 5.68. The molecule has 0 amide bonds. The van der Waals surface area contributed by atoms with Gasteiger partial charge in [-0.05, 0) is 74.4 Å². The molecule has 2 aliphatic rings. The number of hydrogen-bond donors (Lipinski definition) is 1. The van der Waals surface area contributed by atoms with E-state index < -0.39 is 0 Å². The van der Waals surface area contributed by atoms with Crippen molar-refractivity contribution in [1.29, 1.82) is 0 Å². The lowest BCUT2D eigenvalue weighted by Gasteiger charge is -2.31. The van der Waals surface area contributed by atoms with Crippen molar-refractivity contribution in [3.8, 4) is 0 Å². The highest BCUT2D eigenvalue weighted by atomic mass is 32.1. The van der Waals surface area contributed by atoms with Crippen molar-refractivity contribution in [2.45, 2.75) is 56.9 Å². The summed E-state index contributed by atoms with van der Waals surface area (Å²) >= 11 is 2.04. The smallest absolute Gasteiger partial charge is 0.248 e. The van der Waals surface area contributed by atoms with Gasteiger partial charge in [0.25, 0.3) is 0 Å². The molecular weight excluding hydrogens is 316 g/mol. The summed E-state index contributed by atoms with van der Waals surface area (Å²) in [5, 5.41) is 0. The Labute approximate surface area is 147 Å². The van der Waals surface area contributed by atoms with Crippen molar-refractivity contribution in [1.82, 2.24) is 9.88 Å². The van der Waals surface area contributed by atoms with E-state index >= 15 is 0 Å². The van der Waals surface area contributed by atoms with E-state index in [1.807, 2.05) is 11.3 Å². The fraction of sp³-hybridized carbons (Fsp3) is 0.550. The van der Waals surface area contributed by atoms with E-state index in [0.29, 0.717) is 5.92 Å². The molecule has 0 spiro atoms. The molecule has 2 fully saturated rings. The van der Waals surface area contributed by atoms with E-state index in [9.17, 15) is 4.79 Å². The summed E-state index contributed by atoms with van der Waals surface area (Å²) in [6.45, 7) is 3.36. The van der Waals surface area contributed by atoms with Gasteiger partial charge in [0.2, 0.25) is 5.56 Å². The van der Waals surface area contributed by atoms with Gasteiger partial charge in [-0.2, -0.15) is 0 Å². The fourth-order valence-corrected chi connectivity index (χ4v) is 5.49. The van der Waals surface area contributed by atoms with Gasteiger partial charge in [-0.25, -0.2) is 0 Å². The molecule has 0 atom stereocenters. The molecule has 2 aromatic heterocycles. The van der Waals surface area contributed by atoms with E-state index in [4.69, 9.17) is 0 Å². The largest absolute Gasteiger partial charge is 0.329 e. The van der Waals surface area contributed by atoms with Gasteiger partial charge >= 0.3 is 0 Å². The number of pyridine rings is 1. The zero-order valence-corrected chi connectivity index (χ0v) is 15.0. The molecule has 128 valence electrons. The van der Waals surface area contributed by atoms with Crippen LogP contribution in [0.1, 0.15) is 65.7 Å².